The number of nitrogens with one attached hydrogen (secondary N) is 1. The van der Waals surface area contributed by atoms with Gasteiger partial charge in [0.2, 0.25) is 5.91 Å². The van der Waals surface area contributed by atoms with Gasteiger partial charge >= 0.3 is 17.9 Å². The first-order valence-electron chi connectivity index (χ1n) is 14.7. The maximum absolute atomic E-state index is 11.9. The molecule has 0 spiro atoms. The van der Waals surface area contributed by atoms with Crippen LogP contribution < -0.4 is 5.32 Å². The molecule has 0 bridgehead atoms. The number of rotatable bonds is 24. The molecule has 0 saturated carbocycles. The van der Waals surface area contributed by atoms with Gasteiger partial charge in [-0.15, -0.1) is 0 Å². The van der Waals surface area contributed by atoms with Crippen LogP contribution in [0.3, 0.4) is 0 Å². The van der Waals surface area contributed by atoms with E-state index in [9.17, 15) is 19.2 Å². The molecule has 0 saturated heterocycles. The molecule has 0 aliphatic carbocycles. The summed E-state index contributed by atoms with van der Waals surface area (Å²) >= 11 is 0. The van der Waals surface area contributed by atoms with E-state index in [1.165, 1.54) is 89.9 Å². The number of aliphatic hydroxyl groups is 1. The second-order valence-corrected chi connectivity index (χ2v) is 10.6. The van der Waals surface area contributed by atoms with Crippen LogP contribution in [0.1, 0.15) is 136 Å². The van der Waals surface area contributed by atoms with Crippen LogP contribution in [0.2, 0.25) is 0 Å². The van der Waals surface area contributed by atoms with Gasteiger partial charge < -0.3 is 25.7 Å². The predicted molar refractivity (Wildman–Crippen MR) is 153 cm³/mol. The molecule has 39 heavy (non-hydrogen) atoms. The normalized spacial score (nSPS) is 11.9. The van der Waals surface area contributed by atoms with Crippen molar-refractivity contribution >= 4 is 23.8 Å². The number of hydrogen-bond donors (Lipinski definition) is 5. The van der Waals surface area contributed by atoms with Gasteiger partial charge in [0.05, 0.1) is 19.0 Å². The summed E-state index contributed by atoms with van der Waals surface area (Å²) in [4.78, 5) is 44.5. The van der Waals surface area contributed by atoms with E-state index in [4.69, 9.17) is 20.4 Å². The van der Waals surface area contributed by atoms with Crippen molar-refractivity contribution in [2.75, 3.05) is 14.1 Å². The van der Waals surface area contributed by atoms with E-state index in [0.717, 1.165) is 12.8 Å². The van der Waals surface area contributed by atoms with Gasteiger partial charge in [-0.2, -0.15) is 0 Å². The largest absolute Gasteiger partial charge is 0.481 e. The van der Waals surface area contributed by atoms with Crippen LogP contribution in [-0.4, -0.2) is 75.0 Å². The van der Waals surface area contributed by atoms with Crippen molar-refractivity contribution in [3.05, 3.63) is 0 Å². The number of carbonyl (C=O) groups is 4. The number of carboxylic acids is 3. The lowest BCUT2D eigenvalue weighted by atomic mass is 9.96. The molecule has 0 fully saturated rings. The SMILES string of the molecule is CCCCCCCCCCCCCCCCCC(=O)NC(CC)N(C)C.O=C(O)CC(O)(CC(=O)O)C(=O)O. The molecule has 1 unspecified atom stereocenters. The Bertz CT molecular complexity index is 654. The summed E-state index contributed by atoms with van der Waals surface area (Å²) < 4.78 is 0. The Kier molecular flexibility index (Phi) is 24.8. The molecular formula is C29H56N2O8. The number of carbonyl (C=O) groups excluding carboxylic acids is 1. The number of amides is 1. The van der Waals surface area contributed by atoms with Gasteiger partial charge in [0.25, 0.3) is 0 Å². The highest BCUT2D eigenvalue weighted by Gasteiger charge is 2.40. The fourth-order valence-electron chi connectivity index (χ4n) is 4.23. The van der Waals surface area contributed by atoms with Gasteiger partial charge in [0, 0.05) is 6.42 Å². The molecule has 10 heteroatoms. The van der Waals surface area contributed by atoms with E-state index in [-0.39, 0.29) is 12.1 Å². The Hall–Kier alpha value is -2.20. The fourth-order valence-corrected chi connectivity index (χ4v) is 4.23. The van der Waals surface area contributed by atoms with Crippen LogP contribution in [0.4, 0.5) is 0 Å². The van der Waals surface area contributed by atoms with Crippen LogP contribution in [-0.2, 0) is 19.2 Å². The van der Waals surface area contributed by atoms with Gasteiger partial charge in [0.15, 0.2) is 5.60 Å². The number of aliphatic carboxylic acids is 3. The van der Waals surface area contributed by atoms with E-state index in [1.54, 1.807) is 0 Å². The summed E-state index contributed by atoms with van der Waals surface area (Å²) in [5, 5.41) is 36.9. The van der Waals surface area contributed by atoms with Crippen LogP contribution in [0.25, 0.3) is 0 Å². The smallest absolute Gasteiger partial charge is 0.336 e. The predicted octanol–water partition coefficient (Wildman–Crippen LogP) is 5.41. The van der Waals surface area contributed by atoms with Gasteiger partial charge in [-0.25, -0.2) is 4.79 Å². The monoisotopic (exact) mass is 560 g/mol. The van der Waals surface area contributed by atoms with Crippen LogP contribution >= 0.6 is 0 Å². The van der Waals surface area contributed by atoms with Gasteiger partial charge in [0.1, 0.15) is 0 Å². The summed E-state index contributed by atoms with van der Waals surface area (Å²) in [6, 6.07) is 0. The molecule has 0 radical (unpaired) electrons. The number of hydrogen-bond acceptors (Lipinski definition) is 6. The number of unbranched alkanes of at least 4 members (excludes halogenated alkanes) is 14. The highest BCUT2D eigenvalue weighted by Crippen LogP contribution is 2.16. The lowest BCUT2D eigenvalue weighted by molar-refractivity contribution is -0.170. The molecule has 0 aromatic heterocycles. The highest BCUT2D eigenvalue weighted by atomic mass is 16.4. The van der Waals surface area contributed by atoms with Crippen molar-refractivity contribution in [2.24, 2.45) is 0 Å². The molecule has 0 aromatic rings. The zero-order valence-electron chi connectivity index (χ0n) is 24.9. The highest BCUT2D eigenvalue weighted by molar-refractivity contribution is 5.88. The number of carboxylic acid groups (broad SMARTS) is 3. The topological polar surface area (TPSA) is 164 Å². The summed E-state index contributed by atoms with van der Waals surface area (Å²) in [5.74, 6) is -4.81. The van der Waals surface area contributed by atoms with Crippen molar-refractivity contribution in [2.45, 2.75) is 148 Å². The zero-order chi connectivity index (χ0) is 30.1. The van der Waals surface area contributed by atoms with Crippen LogP contribution in [0.5, 0.6) is 0 Å². The van der Waals surface area contributed by atoms with Gasteiger partial charge in [-0.3, -0.25) is 19.3 Å². The molecule has 1 amide bonds. The third kappa shape index (κ3) is 24.6. The first-order chi connectivity index (χ1) is 18.4. The maximum Gasteiger partial charge on any atom is 0.336 e. The van der Waals surface area contributed by atoms with Crippen molar-refractivity contribution in [1.82, 2.24) is 10.2 Å². The zero-order valence-corrected chi connectivity index (χ0v) is 24.9. The molecule has 230 valence electrons. The molecule has 10 nitrogen and oxygen atoms in total. The average molecular weight is 561 g/mol. The molecule has 0 heterocycles. The summed E-state index contributed by atoms with van der Waals surface area (Å²) in [7, 11) is 4.03. The maximum atomic E-state index is 11.9. The van der Waals surface area contributed by atoms with E-state index in [0.29, 0.717) is 6.42 Å². The molecule has 5 N–H and O–H groups in total. The summed E-state index contributed by atoms with van der Waals surface area (Å²) in [6.07, 6.45) is 20.0. The standard InChI is InChI=1S/C23H48N2O.C6H8O7/c1-5-7-8-9-10-11-12-13-14-15-16-17-18-19-20-21-23(26)24-22(6-2)25(3)4;7-3(8)1-6(13,5(11)12)2-4(9)10/h22H,5-21H2,1-4H3,(H,24,26);13H,1-2H2,(H,7,8)(H,9,10)(H,11,12). The van der Waals surface area contributed by atoms with Crippen molar-refractivity contribution in [1.29, 1.82) is 0 Å². The van der Waals surface area contributed by atoms with Gasteiger partial charge in [-0.05, 0) is 26.9 Å². The Morgan fingerprint density at radius 2 is 1.03 bits per heavy atom. The first kappa shape index (κ1) is 38.9. The minimum Gasteiger partial charge on any atom is -0.481 e. The van der Waals surface area contributed by atoms with E-state index in [2.05, 4.69) is 24.1 Å². The van der Waals surface area contributed by atoms with E-state index < -0.39 is 36.4 Å². The van der Waals surface area contributed by atoms with Crippen molar-refractivity contribution in [3.8, 4) is 0 Å². The van der Waals surface area contributed by atoms with Crippen LogP contribution in [0.15, 0.2) is 0 Å². The Balaban J connectivity index is 0. The quantitative estimate of drug-likeness (QED) is 0.0766. The molecule has 0 aliphatic heterocycles. The third-order valence-corrected chi connectivity index (χ3v) is 6.63. The average Bonchev–Trinajstić information content (AvgIpc) is 2.84. The minimum absolute atomic E-state index is 0.179. The number of nitrogens with zero attached hydrogens (tertiary/aromatic N) is 1. The van der Waals surface area contributed by atoms with Gasteiger partial charge in [-0.1, -0.05) is 104 Å². The van der Waals surface area contributed by atoms with E-state index in [1.807, 2.05) is 14.1 Å². The third-order valence-electron chi connectivity index (χ3n) is 6.63. The molecule has 0 rings (SSSR count). The first-order valence-corrected chi connectivity index (χ1v) is 14.7. The Morgan fingerprint density at radius 1 is 0.667 bits per heavy atom. The van der Waals surface area contributed by atoms with Crippen molar-refractivity contribution < 1.29 is 39.6 Å². The Labute approximate surface area is 235 Å². The fraction of sp³-hybridized carbons (Fsp3) is 0.862. The van der Waals surface area contributed by atoms with E-state index >= 15 is 0 Å². The lowest BCUT2D eigenvalue weighted by Gasteiger charge is -2.23. The summed E-state index contributed by atoms with van der Waals surface area (Å²) in [6.45, 7) is 4.39. The second kappa shape index (κ2) is 24.8. The molecule has 1 atom stereocenters. The lowest BCUT2D eigenvalue weighted by Crippen LogP contribution is -2.44. The summed E-state index contributed by atoms with van der Waals surface area (Å²) in [5.41, 5.74) is -2.74. The Morgan fingerprint density at radius 3 is 1.31 bits per heavy atom. The second-order valence-electron chi connectivity index (χ2n) is 10.6. The molecule has 0 aliphatic rings. The molecule has 0 aromatic carbocycles. The van der Waals surface area contributed by atoms with Crippen LogP contribution in [0, 0.1) is 0 Å². The minimum atomic E-state index is -2.74. The van der Waals surface area contributed by atoms with Crippen molar-refractivity contribution in [3.63, 3.8) is 0 Å². The molecular weight excluding hydrogens is 504 g/mol.